The van der Waals surface area contributed by atoms with Gasteiger partial charge in [0.15, 0.2) is 0 Å². The minimum Gasteiger partial charge on any atom is -0.311 e. The van der Waals surface area contributed by atoms with Crippen LogP contribution < -0.4 is 4.90 Å². The molecule has 1 aliphatic heterocycles. The standard InChI is InChI=1S/C20H23FN2O3S/c1-27(25,26)22(14-12-16-8-10-18(21)11-9-16)15-20(24)23-13-4-6-17-5-2-3-7-19(17)23/h2-3,5,7-11H,4,6,12-15H2,1H3. The molecule has 0 aliphatic carbocycles. The maximum absolute atomic E-state index is 13.0. The predicted molar refractivity (Wildman–Crippen MR) is 104 cm³/mol. The molecule has 7 heteroatoms. The van der Waals surface area contributed by atoms with Gasteiger partial charge in [0.2, 0.25) is 15.9 Å². The summed E-state index contributed by atoms with van der Waals surface area (Å²) in [4.78, 5) is 14.5. The van der Waals surface area contributed by atoms with Gasteiger partial charge < -0.3 is 4.90 Å². The van der Waals surface area contributed by atoms with E-state index in [0.717, 1.165) is 35.9 Å². The Morgan fingerprint density at radius 1 is 1.15 bits per heavy atom. The summed E-state index contributed by atoms with van der Waals surface area (Å²) in [6.45, 7) is 0.561. The Morgan fingerprint density at radius 2 is 1.85 bits per heavy atom. The molecule has 3 rings (SSSR count). The van der Waals surface area contributed by atoms with Gasteiger partial charge in [0.05, 0.1) is 12.8 Å². The zero-order chi connectivity index (χ0) is 19.4. The molecule has 1 aliphatic rings. The fraction of sp³-hybridized carbons (Fsp3) is 0.350. The minimum atomic E-state index is -3.54. The Kier molecular flexibility index (Phi) is 5.92. The van der Waals surface area contributed by atoms with E-state index in [4.69, 9.17) is 0 Å². The van der Waals surface area contributed by atoms with Crippen molar-refractivity contribution in [3.05, 3.63) is 65.5 Å². The fourth-order valence-corrected chi connectivity index (χ4v) is 4.06. The van der Waals surface area contributed by atoms with Crippen LogP contribution >= 0.6 is 0 Å². The van der Waals surface area contributed by atoms with Gasteiger partial charge in [-0.25, -0.2) is 12.8 Å². The van der Waals surface area contributed by atoms with E-state index in [0.29, 0.717) is 13.0 Å². The molecule has 0 saturated carbocycles. The van der Waals surface area contributed by atoms with Crippen LogP contribution in [0.5, 0.6) is 0 Å². The Morgan fingerprint density at radius 3 is 2.56 bits per heavy atom. The number of amides is 1. The Hall–Kier alpha value is -2.25. The maximum atomic E-state index is 13.0. The van der Waals surface area contributed by atoms with Crippen molar-refractivity contribution < 1.29 is 17.6 Å². The molecule has 27 heavy (non-hydrogen) atoms. The summed E-state index contributed by atoms with van der Waals surface area (Å²) in [5.41, 5.74) is 2.79. The van der Waals surface area contributed by atoms with E-state index in [1.807, 2.05) is 24.3 Å². The van der Waals surface area contributed by atoms with Crippen molar-refractivity contribution in [2.24, 2.45) is 0 Å². The van der Waals surface area contributed by atoms with Crippen LogP contribution in [0.1, 0.15) is 17.5 Å². The highest BCUT2D eigenvalue weighted by Crippen LogP contribution is 2.26. The lowest BCUT2D eigenvalue weighted by atomic mass is 10.0. The summed E-state index contributed by atoms with van der Waals surface area (Å²) in [6, 6.07) is 13.7. The first kappa shape index (κ1) is 19.5. The molecule has 1 heterocycles. The summed E-state index contributed by atoms with van der Waals surface area (Å²) in [5, 5.41) is 0. The third kappa shape index (κ3) is 4.93. The van der Waals surface area contributed by atoms with E-state index in [1.165, 1.54) is 16.4 Å². The van der Waals surface area contributed by atoms with Crippen LogP contribution in [-0.4, -0.2) is 44.5 Å². The topological polar surface area (TPSA) is 57.7 Å². The number of para-hydroxylation sites is 1. The molecule has 0 fully saturated rings. The van der Waals surface area contributed by atoms with Crippen LogP contribution in [0.25, 0.3) is 0 Å². The number of carbonyl (C=O) groups excluding carboxylic acids is 1. The molecule has 0 unspecified atom stereocenters. The molecule has 2 aromatic rings. The van der Waals surface area contributed by atoms with Crippen molar-refractivity contribution in [2.75, 3.05) is 30.8 Å². The van der Waals surface area contributed by atoms with Crippen LogP contribution in [0.3, 0.4) is 0 Å². The maximum Gasteiger partial charge on any atom is 0.242 e. The normalized spacial score (nSPS) is 14.3. The van der Waals surface area contributed by atoms with E-state index in [1.54, 1.807) is 17.0 Å². The van der Waals surface area contributed by atoms with Gasteiger partial charge >= 0.3 is 0 Å². The molecule has 0 radical (unpaired) electrons. The number of rotatable bonds is 6. The number of aryl methyl sites for hydroxylation is 1. The summed E-state index contributed by atoms with van der Waals surface area (Å²) in [6.07, 6.45) is 3.30. The third-order valence-corrected chi connectivity index (χ3v) is 6.00. The van der Waals surface area contributed by atoms with Gasteiger partial charge in [0.1, 0.15) is 5.82 Å². The first-order valence-electron chi connectivity index (χ1n) is 8.92. The van der Waals surface area contributed by atoms with Gasteiger partial charge in [-0.1, -0.05) is 30.3 Å². The number of halogens is 1. The minimum absolute atomic E-state index is 0.172. The SMILES string of the molecule is CS(=O)(=O)N(CCc1ccc(F)cc1)CC(=O)N1CCCc2ccccc21. The zero-order valence-electron chi connectivity index (χ0n) is 15.3. The van der Waals surface area contributed by atoms with E-state index >= 15 is 0 Å². The molecular formula is C20H23FN2O3S. The molecule has 0 spiro atoms. The molecule has 5 nitrogen and oxygen atoms in total. The van der Waals surface area contributed by atoms with Crippen molar-refractivity contribution in [3.8, 4) is 0 Å². The number of benzene rings is 2. The number of carbonyl (C=O) groups is 1. The number of fused-ring (bicyclic) bond motifs is 1. The average molecular weight is 390 g/mol. The van der Waals surface area contributed by atoms with Gasteiger partial charge in [-0.15, -0.1) is 0 Å². The quantitative estimate of drug-likeness (QED) is 0.762. The molecule has 2 aromatic carbocycles. The zero-order valence-corrected chi connectivity index (χ0v) is 16.1. The number of anilines is 1. The van der Waals surface area contributed by atoms with Crippen molar-refractivity contribution >= 4 is 21.6 Å². The van der Waals surface area contributed by atoms with E-state index in [2.05, 4.69) is 0 Å². The lowest BCUT2D eigenvalue weighted by Gasteiger charge is -2.31. The predicted octanol–water partition coefficient (Wildman–Crippen LogP) is 2.61. The molecule has 0 aromatic heterocycles. The Labute approximate surface area is 159 Å². The fourth-order valence-electron chi connectivity index (χ4n) is 3.30. The van der Waals surface area contributed by atoms with E-state index < -0.39 is 10.0 Å². The van der Waals surface area contributed by atoms with Gasteiger partial charge in [0.25, 0.3) is 0 Å². The second kappa shape index (κ2) is 8.19. The van der Waals surface area contributed by atoms with Crippen LogP contribution in [0.2, 0.25) is 0 Å². The monoisotopic (exact) mass is 390 g/mol. The lowest BCUT2D eigenvalue weighted by Crippen LogP contribution is -2.45. The van der Waals surface area contributed by atoms with Crippen molar-refractivity contribution in [3.63, 3.8) is 0 Å². The van der Waals surface area contributed by atoms with Crippen molar-refractivity contribution in [1.82, 2.24) is 4.31 Å². The highest BCUT2D eigenvalue weighted by molar-refractivity contribution is 7.88. The van der Waals surface area contributed by atoms with Crippen LogP contribution in [-0.2, 0) is 27.7 Å². The number of hydrogen-bond donors (Lipinski definition) is 0. The van der Waals surface area contributed by atoms with Crippen molar-refractivity contribution in [2.45, 2.75) is 19.3 Å². The van der Waals surface area contributed by atoms with Crippen molar-refractivity contribution in [1.29, 1.82) is 0 Å². The molecule has 1 amide bonds. The van der Waals surface area contributed by atoms with Gasteiger partial charge in [-0.05, 0) is 48.6 Å². The summed E-state index contributed by atoms with van der Waals surface area (Å²) >= 11 is 0. The smallest absolute Gasteiger partial charge is 0.242 e. The second-order valence-corrected chi connectivity index (χ2v) is 8.73. The van der Waals surface area contributed by atoms with E-state index in [-0.39, 0.29) is 24.8 Å². The number of nitrogens with zero attached hydrogens (tertiary/aromatic N) is 2. The molecule has 144 valence electrons. The lowest BCUT2D eigenvalue weighted by molar-refractivity contribution is -0.118. The first-order chi connectivity index (χ1) is 12.8. The van der Waals surface area contributed by atoms with Crippen LogP contribution in [0.15, 0.2) is 48.5 Å². The second-order valence-electron chi connectivity index (χ2n) is 6.75. The van der Waals surface area contributed by atoms with Crippen LogP contribution in [0, 0.1) is 5.82 Å². The van der Waals surface area contributed by atoms with Gasteiger partial charge in [0, 0.05) is 18.8 Å². The number of hydrogen-bond acceptors (Lipinski definition) is 3. The Bertz CT molecular complexity index is 913. The average Bonchev–Trinajstić information content (AvgIpc) is 2.65. The third-order valence-electron chi connectivity index (χ3n) is 4.76. The molecular weight excluding hydrogens is 367 g/mol. The largest absolute Gasteiger partial charge is 0.311 e. The number of sulfonamides is 1. The van der Waals surface area contributed by atoms with Gasteiger partial charge in [-0.3, -0.25) is 4.79 Å². The van der Waals surface area contributed by atoms with E-state index in [9.17, 15) is 17.6 Å². The first-order valence-corrected chi connectivity index (χ1v) is 10.8. The highest BCUT2D eigenvalue weighted by atomic mass is 32.2. The summed E-state index contributed by atoms with van der Waals surface area (Å²) in [5.74, 6) is -0.565. The van der Waals surface area contributed by atoms with Crippen LogP contribution in [0.4, 0.5) is 10.1 Å². The van der Waals surface area contributed by atoms with Gasteiger partial charge in [-0.2, -0.15) is 4.31 Å². The molecule has 0 atom stereocenters. The summed E-state index contributed by atoms with van der Waals surface area (Å²) in [7, 11) is -3.54. The molecule has 0 saturated heterocycles. The molecule has 0 N–H and O–H groups in total. The molecule has 0 bridgehead atoms. The summed E-state index contributed by atoms with van der Waals surface area (Å²) < 4.78 is 38.5. The highest BCUT2D eigenvalue weighted by Gasteiger charge is 2.27. The Balaban J connectivity index is 1.71.